The molecule has 0 radical (unpaired) electrons. The van der Waals surface area contributed by atoms with Gasteiger partial charge in [-0.05, 0) is 43.2 Å². The van der Waals surface area contributed by atoms with Crippen LogP contribution in [0, 0.1) is 5.92 Å². The highest BCUT2D eigenvalue weighted by Gasteiger charge is 2.29. The molecule has 0 bridgehead atoms. The van der Waals surface area contributed by atoms with Gasteiger partial charge in [0, 0.05) is 19.3 Å². The average Bonchev–Trinajstić information content (AvgIpc) is 3.31. The fraction of sp³-hybridized carbons (Fsp3) is 0.533. The molecule has 5 heteroatoms. The van der Waals surface area contributed by atoms with Crippen LogP contribution >= 0.6 is 0 Å². The number of aliphatic carboxylic acids is 1. The molecule has 1 amide bonds. The smallest absolute Gasteiger partial charge is 0.308 e. The number of carboxylic acid groups (broad SMARTS) is 1. The van der Waals surface area contributed by atoms with Crippen molar-refractivity contribution in [2.45, 2.75) is 31.6 Å². The number of rotatable bonds is 3. The van der Waals surface area contributed by atoms with E-state index in [1.807, 2.05) is 6.07 Å². The van der Waals surface area contributed by atoms with E-state index in [1.165, 1.54) is 18.4 Å². The van der Waals surface area contributed by atoms with E-state index in [0.717, 1.165) is 6.42 Å². The molecule has 1 unspecified atom stereocenters. The molecule has 1 saturated heterocycles. The van der Waals surface area contributed by atoms with Crippen LogP contribution in [0.5, 0.6) is 0 Å². The van der Waals surface area contributed by atoms with Gasteiger partial charge in [-0.1, -0.05) is 6.07 Å². The molecule has 1 saturated carbocycles. The van der Waals surface area contributed by atoms with Crippen LogP contribution in [0.15, 0.2) is 18.3 Å². The van der Waals surface area contributed by atoms with Crippen molar-refractivity contribution in [3.05, 3.63) is 29.6 Å². The normalized spacial score (nSPS) is 22.6. The molecule has 0 spiro atoms. The van der Waals surface area contributed by atoms with Crippen LogP contribution in [0.3, 0.4) is 0 Å². The predicted octanol–water partition coefficient (Wildman–Crippen LogP) is 1.90. The van der Waals surface area contributed by atoms with E-state index in [0.29, 0.717) is 31.1 Å². The zero-order valence-electron chi connectivity index (χ0n) is 11.3. The first kappa shape index (κ1) is 13.1. The molecule has 3 rings (SSSR count). The molecule has 1 N–H and O–H groups in total. The maximum Gasteiger partial charge on any atom is 0.308 e. The molecule has 2 aliphatic rings. The number of carbonyl (C=O) groups excluding carboxylic acids is 1. The summed E-state index contributed by atoms with van der Waals surface area (Å²) in [7, 11) is 0. The number of hydrogen-bond acceptors (Lipinski definition) is 3. The zero-order valence-corrected chi connectivity index (χ0v) is 11.3. The minimum atomic E-state index is -0.820. The first-order valence-electron chi connectivity index (χ1n) is 7.13. The number of carbonyl (C=O) groups is 2. The summed E-state index contributed by atoms with van der Waals surface area (Å²) in [6.07, 6.45) is 5.59. The molecule has 1 aromatic rings. The van der Waals surface area contributed by atoms with Gasteiger partial charge in [0.25, 0.3) is 5.91 Å². The SMILES string of the molecule is O=C(O)C1CCCN(C(=O)c2ccc(C3CC3)cn2)C1. The van der Waals surface area contributed by atoms with Gasteiger partial charge in [0.15, 0.2) is 0 Å². The maximum atomic E-state index is 12.3. The number of aromatic nitrogens is 1. The summed E-state index contributed by atoms with van der Waals surface area (Å²) in [5.41, 5.74) is 1.61. The van der Waals surface area contributed by atoms with E-state index in [9.17, 15) is 9.59 Å². The fourth-order valence-corrected chi connectivity index (χ4v) is 2.72. The number of amides is 1. The molecular formula is C15H18N2O3. The predicted molar refractivity (Wildman–Crippen MR) is 72.5 cm³/mol. The number of carboxylic acids is 1. The largest absolute Gasteiger partial charge is 0.481 e. The lowest BCUT2D eigenvalue weighted by Crippen LogP contribution is -2.42. The lowest BCUT2D eigenvalue weighted by molar-refractivity contribution is -0.143. The fourth-order valence-electron chi connectivity index (χ4n) is 2.72. The van der Waals surface area contributed by atoms with Gasteiger partial charge < -0.3 is 10.0 Å². The summed E-state index contributed by atoms with van der Waals surface area (Å²) in [4.78, 5) is 29.2. The molecule has 2 heterocycles. The molecule has 5 nitrogen and oxygen atoms in total. The standard InChI is InChI=1S/C15H18N2O3/c18-14(17-7-1-2-12(9-17)15(19)20)13-6-5-11(8-16-13)10-3-4-10/h5-6,8,10,12H,1-4,7,9H2,(H,19,20). The highest BCUT2D eigenvalue weighted by atomic mass is 16.4. The van der Waals surface area contributed by atoms with Crippen molar-refractivity contribution >= 4 is 11.9 Å². The molecule has 1 aliphatic heterocycles. The highest BCUT2D eigenvalue weighted by Crippen LogP contribution is 2.39. The van der Waals surface area contributed by atoms with Gasteiger partial charge in [-0.15, -0.1) is 0 Å². The lowest BCUT2D eigenvalue weighted by atomic mass is 9.98. The molecule has 1 atom stereocenters. The quantitative estimate of drug-likeness (QED) is 0.913. The van der Waals surface area contributed by atoms with Gasteiger partial charge >= 0.3 is 5.97 Å². The van der Waals surface area contributed by atoms with E-state index < -0.39 is 11.9 Å². The van der Waals surface area contributed by atoms with Crippen LogP contribution in [-0.2, 0) is 4.79 Å². The van der Waals surface area contributed by atoms with Crippen LogP contribution in [0.25, 0.3) is 0 Å². The Kier molecular flexibility index (Phi) is 3.42. The molecule has 20 heavy (non-hydrogen) atoms. The van der Waals surface area contributed by atoms with Crippen LogP contribution in [0.2, 0.25) is 0 Å². The van der Waals surface area contributed by atoms with Crippen LogP contribution in [0.4, 0.5) is 0 Å². The minimum absolute atomic E-state index is 0.154. The Labute approximate surface area is 117 Å². The number of pyridine rings is 1. The van der Waals surface area contributed by atoms with E-state index in [1.54, 1.807) is 17.2 Å². The van der Waals surface area contributed by atoms with Gasteiger partial charge in [-0.25, -0.2) is 0 Å². The van der Waals surface area contributed by atoms with Crippen molar-refractivity contribution in [3.8, 4) is 0 Å². The molecule has 0 aromatic carbocycles. The monoisotopic (exact) mass is 274 g/mol. The van der Waals surface area contributed by atoms with Crippen LogP contribution < -0.4 is 0 Å². The van der Waals surface area contributed by atoms with Crippen molar-refractivity contribution in [1.29, 1.82) is 0 Å². The van der Waals surface area contributed by atoms with Crippen molar-refractivity contribution in [2.24, 2.45) is 5.92 Å². The van der Waals surface area contributed by atoms with Crippen molar-refractivity contribution in [1.82, 2.24) is 9.88 Å². The third-order valence-corrected chi connectivity index (χ3v) is 4.11. The maximum absolute atomic E-state index is 12.3. The van der Waals surface area contributed by atoms with Crippen molar-refractivity contribution in [2.75, 3.05) is 13.1 Å². The summed E-state index contributed by atoms with van der Waals surface area (Å²) in [5.74, 6) is -0.797. The van der Waals surface area contributed by atoms with Crippen LogP contribution in [0.1, 0.15) is 47.7 Å². The molecular weight excluding hydrogens is 256 g/mol. The van der Waals surface area contributed by atoms with E-state index in [4.69, 9.17) is 5.11 Å². The van der Waals surface area contributed by atoms with Gasteiger partial charge in [0.1, 0.15) is 5.69 Å². The number of hydrogen-bond donors (Lipinski definition) is 1. The lowest BCUT2D eigenvalue weighted by Gasteiger charge is -2.30. The van der Waals surface area contributed by atoms with Gasteiger partial charge in [0.2, 0.25) is 0 Å². The number of nitrogens with zero attached hydrogens (tertiary/aromatic N) is 2. The summed E-state index contributed by atoms with van der Waals surface area (Å²) in [5, 5.41) is 9.06. The Morgan fingerprint density at radius 1 is 1.25 bits per heavy atom. The first-order chi connectivity index (χ1) is 9.65. The van der Waals surface area contributed by atoms with Gasteiger partial charge in [-0.2, -0.15) is 0 Å². The number of likely N-dealkylation sites (tertiary alicyclic amines) is 1. The van der Waals surface area contributed by atoms with E-state index >= 15 is 0 Å². The van der Waals surface area contributed by atoms with Gasteiger partial charge in [0.05, 0.1) is 5.92 Å². The number of piperidine rings is 1. The Morgan fingerprint density at radius 3 is 2.65 bits per heavy atom. The molecule has 2 fully saturated rings. The first-order valence-corrected chi connectivity index (χ1v) is 7.13. The molecule has 1 aromatic heterocycles. The topological polar surface area (TPSA) is 70.5 Å². The Hall–Kier alpha value is -1.91. The zero-order chi connectivity index (χ0) is 14.1. The summed E-state index contributed by atoms with van der Waals surface area (Å²) in [6, 6.07) is 3.73. The summed E-state index contributed by atoms with van der Waals surface area (Å²) >= 11 is 0. The summed E-state index contributed by atoms with van der Waals surface area (Å²) < 4.78 is 0. The second-order valence-corrected chi connectivity index (χ2v) is 5.68. The highest BCUT2D eigenvalue weighted by molar-refractivity contribution is 5.92. The molecule has 1 aliphatic carbocycles. The summed E-state index contributed by atoms with van der Waals surface area (Å²) in [6.45, 7) is 0.912. The Morgan fingerprint density at radius 2 is 2.05 bits per heavy atom. The average molecular weight is 274 g/mol. The minimum Gasteiger partial charge on any atom is -0.481 e. The molecule has 106 valence electrons. The van der Waals surface area contributed by atoms with Crippen molar-refractivity contribution in [3.63, 3.8) is 0 Å². The second-order valence-electron chi connectivity index (χ2n) is 5.68. The third kappa shape index (κ3) is 2.66. The second kappa shape index (κ2) is 5.23. The van der Waals surface area contributed by atoms with Gasteiger partial charge in [-0.3, -0.25) is 14.6 Å². The van der Waals surface area contributed by atoms with E-state index in [2.05, 4.69) is 4.98 Å². The Balaban J connectivity index is 1.69. The van der Waals surface area contributed by atoms with Crippen LogP contribution in [-0.4, -0.2) is 40.0 Å². The van der Waals surface area contributed by atoms with Crippen molar-refractivity contribution < 1.29 is 14.7 Å². The van der Waals surface area contributed by atoms with E-state index in [-0.39, 0.29) is 5.91 Å². The Bertz CT molecular complexity index is 522. The third-order valence-electron chi connectivity index (χ3n) is 4.11.